The fourth-order valence-corrected chi connectivity index (χ4v) is 2.81. The molecule has 5 nitrogen and oxygen atoms in total. The van der Waals surface area contributed by atoms with Crippen molar-refractivity contribution in [2.75, 3.05) is 18.4 Å². The normalized spacial score (nSPS) is 18.4. The molecule has 1 aromatic rings. The second-order valence-electron chi connectivity index (χ2n) is 5.49. The molecule has 0 saturated carbocycles. The number of hydrogen-bond acceptors (Lipinski definition) is 2. The highest BCUT2D eigenvalue weighted by Gasteiger charge is 2.25. The summed E-state index contributed by atoms with van der Waals surface area (Å²) in [4.78, 5) is 25.0. The van der Waals surface area contributed by atoms with Crippen LogP contribution in [0.4, 0.5) is 10.5 Å². The number of primary amides is 1. The van der Waals surface area contributed by atoms with Crippen LogP contribution in [0.1, 0.15) is 24.8 Å². The number of urea groups is 1. The Labute approximate surface area is 129 Å². The highest BCUT2D eigenvalue weighted by atomic mass is 35.5. The second kappa shape index (κ2) is 6.80. The molecule has 3 amide bonds. The van der Waals surface area contributed by atoms with E-state index in [-0.39, 0.29) is 17.9 Å². The minimum Gasteiger partial charge on any atom is -0.370 e. The van der Waals surface area contributed by atoms with E-state index < -0.39 is 0 Å². The largest absolute Gasteiger partial charge is 0.370 e. The number of nitrogens with two attached hydrogens (primary N) is 1. The smallest absolute Gasteiger partial charge is 0.321 e. The van der Waals surface area contributed by atoms with Gasteiger partial charge < -0.3 is 16.0 Å². The number of nitrogens with zero attached hydrogens (tertiary/aromatic N) is 1. The van der Waals surface area contributed by atoms with Crippen molar-refractivity contribution < 1.29 is 9.59 Å². The van der Waals surface area contributed by atoms with Crippen LogP contribution in [0.15, 0.2) is 18.2 Å². The number of amides is 3. The van der Waals surface area contributed by atoms with E-state index in [1.54, 1.807) is 11.0 Å². The van der Waals surface area contributed by atoms with Gasteiger partial charge in [-0.1, -0.05) is 23.7 Å². The van der Waals surface area contributed by atoms with Crippen LogP contribution < -0.4 is 11.1 Å². The van der Waals surface area contributed by atoms with Gasteiger partial charge in [-0.15, -0.1) is 0 Å². The first-order valence-electron chi connectivity index (χ1n) is 7.06. The molecule has 1 atom stereocenters. The van der Waals surface area contributed by atoms with Gasteiger partial charge in [-0.3, -0.25) is 4.79 Å². The van der Waals surface area contributed by atoms with E-state index in [4.69, 9.17) is 17.3 Å². The molecule has 114 valence electrons. The average molecular weight is 310 g/mol. The zero-order chi connectivity index (χ0) is 15.4. The van der Waals surface area contributed by atoms with E-state index in [2.05, 4.69) is 5.32 Å². The van der Waals surface area contributed by atoms with Crippen molar-refractivity contribution in [3.63, 3.8) is 0 Å². The van der Waals surface area contributed by atoms with Crippen molar-refractivity contribution in [3.05, 3.63) is 28.8 Å². The Morgan fingerprint density at radius 2 is 2.24 bits per heavy atom. The van der Waals surface area contributed by atoms with Crippen LogP contribution in [-0.4, -0.2) is 29.9 Å². The molecule has 0 aromatic heterocycles. The number of likely N-dealkylation sites (tertiary alicyclic amines) is 1. The van der Waals surface area contributed by atoms with E-state index in [0.717, 1.165) is 18.4 Å². The lowest BCUT2D eigenvalue weighted by Crippen LogP contribution is -2.43. The van der Waals surface area contributed by atoms with Crippen LogP contribution in [0, 0.1) is 12.8 Å². The van der Waals surface area contributed by atoms with Crippen molar-refractivity contribution in [2.24, 2.45) is 11.7 Å². The number of anilines is 1. The topological polar surface area (TPSA) is 75.4 Å². The molecule has 21 heavy (non-hydrogen) atoms. The number of nitrogens with one attached hydrogen (secondary N) is 1. The van der Waals surface area contributed by atoms with Gasteiger partial charge in [-0.2, -0.15) is 0 Å². The molecule has 0 radical (unpaired) electrons. The first-order valence-corrected chi connectivity index (χ1v) is 7.44. The van der Waals surface area contributed by atoms with Crippen LogP contribution in [0.5, 0.6) is 0 Å². The molecule has 1 heterocycles. The lowest BCUT2D eigenvalue weighted by atomic mass is 9.95. The molecule has 1 aromatic carbocycles. The van der Waals surface area contributed by atoms with E-state index in [1.807, 2.05) is 19.1 Å². The maximum atomic E-state index is 12.3. The van der Waals surface area contributed by atoms with Crippen molar-refractivity contribution in [2.45, 2.75) is 26.2 Å². The lowest BCUT2D eigenvalue weighted by Gasteiger charge is -2.32. The summed E-state index contributed by atoms with van der Waals surface area (Å²) in [7, 11) is 0. The fraction of sp³-hybridized carbons (Fsp3) is 0.467. The minimum absolute atomic E-state index is 0.148. The molecule has 0 bridgehead atoms. The molecule has 0 spiro atoms. The standard InChI is InChI=1S/C15H20ClN3O2/c1-10-4-2-6-12(14(10)16)18-15(21)19-7-3-5-11(9-19)8-13(17)20/h2,4,6,11H,3,5,7-9H2,1H3,(H2,17,20)(H,18,21)/t11-/m0/s1. The summed E-state index contributed by atoms with van der Waals surface area (Å²) in [6.07, 6.45) is 2.14. The number of rotatable bonds is 3. The Bertz CT molecular complexity index is 548. The zero-order valence-electron chi connectivity index (χ0n) is 12.1. The molecule has 6 heteroatoms. The van der Waals surface area contributed by atoms with E-state index in [9.17, 15) is 9.59 Å². The maximum absolute atomic E-state index is 12.3. The highest BCUT2D eigenvalue weighted by molar-refractivity contribution is 6.34. The third-order valence-corrected chi connectivity index (χ3v) is 4.23. The Morgan fingerprint density at radius 1 is 1.48 bits per heavy atom. The number of aryl methyl sites for hydroxylation is 1. The van der Waals surface area contributed by atoms with Gasteiger partial charge in [0, 0.05) is 19.5 Å². The predicted octanol–water partition coefficient (Wildman–Crippen LogP) is 2.77. The second-order valence-corrected chi connectivity index (χ2v) is 5.87. The van der Waals surface area contributed by atoms with Crippen LogP contribution in [-0.2, 0) is 4.79 Å². The molecule has 0 aliphatic carbocycles. The Hall–Kier alpha value is -1.75. The first kappa shape index (κ1) is 15.6. The highest BCUT2D eigenvalue weighted by Crippen LogP contribution is 2.26. The van der Waals surface area contributed by atoms with Crippen LogP contribution >= 0.6 is 11.6 Å². The quantitative estimate of drug-likeness (QED) is 0.901. The number of benzene rings is 1. The van der Waals surface area contributed by atoms with Crippen molar-refractivity contribution >= 4 is 29.2 Å². The summed E-state index contributed by atoms with van der Waals surface area (Å²) in [6, 6.07) is 5.33. The summed E-state index contributed by atoms with van der Waals surface area (Å²) in [6.45, 7) is 3.13. The van der Waals surface area contributed by atoms with E-state index >= 15 is 0 Å². The first-order chi connectivity index (χ1) is 9.97. The van der Waals surface area contributed by atoms with Crippen molar-refractivity contribution in [3.8, 4) is 0 Å². The number of carbonyl (C=O) groups excluding carboxylic acids is 2. The third kappa shape index (κ3) is 4.11. The molecule has 1 fully saturated rings. The van der Waals surface area contributed by atoms with Gasteiger partial charge in [-0.25, -0.2) is 4.79 Å². The molecule has 1 saturated heterocycles. The fourth-order valence-electron chi connectivity index (χ4n) is 2.64. The molecular weight excluding hydrogens is 290 g/mol. The minimum atomic E-state index is -0.316. The third-order valence-electron chi connectivity index (χ3n) is 3.73. The molecule has 2 rings (SSSR count). The summed E-state index contributed by atoms with van der Waals surface area (Å²) in [5, 5.41) is 3.39. The zero-order valence-corrected chi connectivity index (χ0v) is 12.8. The Morgan fingerprint density at radius 3 is 2.95 bits per heavy atom. The van der Waals surface area contributed by atoms with Gasteiger partial charge in [0.1, 0.15) is 0 Å². The molecule has 3 N–H and O–H groups in total. The van der Waals surface area contributed by atoms with Gasteiger partial charge in [0.2, 0.25) is 5.91 Å². The van der Waals surface area contributed by atoms with Gasteiger partial charge in [0.25, 0.3) is 0 Å². The van der Waals surface area contributed by atoms with Crippen LogP contribution in [0.2, 0.25) is 5.02 Å². The van der Waals surface area contributed by atoms with Gasteiger partial charge in [0.15, 0.2) is 0 Å². The maximum Gasteiger partial charge on any atom is 0.321 e. The van der Waals surface area contributed by atoms with E-state index in [0.29, 0.717) is 30.2 Å². The number of halogens is 1. The lowest BCUT2D eigenvalue weighted by molar-refractivity contribution is -0.119. The summed E-state index contributed by atoms with van der Waals surface area (Å²) in [5.41, 5.74) is 6.76. The van der Waals surface area contributed by atoms with Crippen LogP contribution in [0.3, 0.4) is 0 Å². The SMILES string of the molecule is Cc1cccc(NC(=O)N2CCC[C@@H](CC(N)=O)C2)c1Cl. The summed E-state index contributed by atoms with van der Waals surface area (Å²) < 4.78 is 0. The number of piperidine rings is 1. The monoisotopic (exact) mass is 309 g/mol. The summed E-state index contributed by atoms with van der Waals surface area (Å²) in [5.74, 6) is -0.168. The van der Waals surface area contributed by atoms with Gasteiger partial charge in [-0.05, 0) is 37.3 Å². The molecule has 1 aliphatic rings. The van der Waals surface area contributed by atoms with Crippen molar-refractivity contribution in [1.29, 1.82) is 0 Å². The average Bonchev–Trinajstić information content (AvgIpc) is 2.43. The molecule has 1 aliphatic heterocycles. The Kier molecular flexibility index (Phi) is 5.07. The molecule has 0 unspecified atom stereocenters. The Balaban J connectivity index is 1.99. The number of carbonyl (C=O) groups is 2. The predicted molar refractivity (Wildman–Crippen MR) is 83.3 cm³/mol. The van der Waals surface area contributed by atoms with Crippen LogP contribution in [0.25, 0.3) is 0 Å². The number of hydrogen-bond donors (Lipinski definition) is 2. The van der Waals surface area contributed by atoms with E-state index in [1.165, 1.54) is 0 Å². The van der Waals surface area contributed by atoms with Gasteiger partial charge >= 0.3 is 6.03 Å². The van der Waals surface area contributed by atoms with Gasteiger partial charge in [0.05, 0.1) is 10.7 Å². The molecular formula is C15H20ClN3O2. The van der Waals surface area contributed by atoms with Crippen molar-refractivity contribution in [1.82, 2.24) is 4.90 Å². The summed E-state index contributed by atoms with van der Waals surface area (Å²) >= 11 is 6.18.